The molecule has 0 bridgehead atoms. The molecule has 1 aromatic heterocycles. The summed E-state index contributed by atoms with van der Waals surface area (Å²) >= 11 is 0. The maximum Gasteiger partial charge on any atom is 0.314 e. The third kappa shape index (κ3) is 4.48. The second-order valence-electron chi connectivity index (χ2n) is 5.75. The van der Waals surface area contributed by atoms with E-state index in [-0.39, 0.29) is 24.8 Å². The van der Waals surface area contributed by atoms with Gasteiger partial charge in [-0.05, 0) is 27.2 Å². The van der Waals surface area contributed by atoms with Crippen molar-refractivity contribution in [3.63, 3.8) is 0 Å². The summed E-state index contributed by atoms with van der Waals surface area (Å²) < 4.78 is 15.3. The molecule has 0 spiro atoms. The van der Waals surface area contributed by atoms with Gasteiger partial charge in [0.2, 0.25) is 11.6 Å². The lowest BCUT2D eigenvalue weighted by Crippen LogP contribution is -2.49. The molecule has 0 radical (unpaired) electrons. The first-order valence-electron chi connectivity index (χ1n) is 6.67. The average Bonchev–Trinajstić information content (AvgIpc) is 2.76. The molecule has 0 fully saturated rings. The van der Waals surface area contributed by atoms with Crippen molar-refractivity contribution in [1.82, 2.24) is 10.2 Å². The molecule has 1 aromatic rings. The van der Waals surface area contributed by atoms with Crippen LogP contribution in [-0.4, -0.2) is 34.0 Å². The van der Waals surface area contributed by atoms with E-state index in [9.17, 15) is 9.90 Å². The lowest BCUT2D eigenvalue weighted by Gasteiger charge is -2.30. The van der Waals surface area contributed by atoms with E-state index in [4.69, 9.17) is 19.6 Å². The number of carbonyl (C=O) groups is 1. The van der Waals surface area contributed by atoms with Crippen LogP contribution in [-0.2, 0) is 26.6 Å². The van der Waals surface area contributed by atoms with E-state index in [1.165, 1.54) is 7.11 Å². The highest BCUT2D eigenvalue weighted by molar-refractivity contribution is 5.74. The molecule has 3 N–H and O–H groups in total. The summed E-state index contributed by atoms with van der Waals surface area (Å²) in [7, 11) is 1.47. The van der Waals surface area contributed by atoms with Crippen molar-refractivity contribution in [3.05, 3.63) is 11.8 Å². The molecular formula is C13H23N3O5. The van der Waals surface area contributed by atoms with Crippen molar-refractivity contribution in [3.8, 4) is 0 Å². The minimum absolute atomic E-state index is 0.0896. The van der Waals surface area contributed by atoms with Crippen molar-refractivity contribution in [2.45, 2.75) is 52.0 Å². The molecule has 1 rings (SSSR count). The highest BCUT2D eigenvalue weighted by Gasteiger charge is 2.45. The highest BCUT2D eigenvalue weighted by Crippen LogP contribution is 2.28. The Morgan fingerprint density at radius 2 is 2.05 bits per heavy atom. The zero-order valence-corrected chi connectivity index (χ0v) is 13.0. The van der Waals surface area contributed by atoms with Gasteiger partial charge in [-0.2, -0.15) is 0 Å². The Balaban J connectivity index is 2.97. The van der Waals surface area contributed by atoms with Crippen LogP contribution in [0.2, 0.25) is 0 Å². The van der Waals surface area contributed by atoms with Gasteiger partial charge < -0.3 is 19.0 Å². The van der Waals surface area contributed by atoms with Gasteiger partial charge in [0, 0.05) is 7.11 Å². The maximum absolute atomic E-state index is 12.2. The Kier molecular flexibility index (Phi) is 5.43. The first-order valence-corrected chi connectivity index (χ1v) is 6.67. The summed E-state index contributed by atoms with van der Waals surface area (Å²) in [6, 6.07) is 0. The Bertz CT molecular complexity index is 478. The number of hydrogen-bond donors (Lipinski definition) is 2. The van der Waals surface area contributed by atoms with Crippen LogP contribution in [0.1, 0.15) is 45.9 Å². The van der Waals surface area contributed by atoms with Crippen LogP contribution >= 0.6 is 0 Å². The lowest BCUT2D eigenvalue weighted by atomic mass is 9.93. The molecule has 21 heavy (non-hydrogen) atoms. The topological polar surface area (TPSA) is 121 Å². The fourth-order valence-corrected chi connectivity index (χ4v) is 1.78. The summed E-state index contributed by atoms with van der Waals surface area (Å²) in [6.45, 7) is 6.99. The Labute approximate surface area is 123 Å². The molecule has 8 heteroatoms. The molecule has 0 saturated carbocycles. The van der Waals surface area contributed by atoms with Gasteiger partial charge in [-0.3, -0.25) is 10.5 Å². The lowest BCUT2D eigenvalue weighted by molar-refractivity contribution is -0.173. The molecule has 0 aromatic carbocycles. The quantitative estimate of drug-likeness (QED) is 0.581. The number of carbonyl (C=O) groups excluding carboxylic acids is 1. The van der Waals surface area contributed by atoms with E-state index in [1.54, 1.807) is 27.7 Å². The molecule has 8 nitrogen and oxygen atoms in total. The number of nitrogens with two attached hydrogens (primary N) is 1. The van der Waals surface area contributed by atoms with Crippen LogP contribution in [0.25, 0.3) is 0 Å². The second-order valence-corrected chi connectivity index (χ2v) is 5.75. The van der Waals surface area contributed by atoms with E-state index < -0.39 is 23.2 Å². The van der Waals surface area contributed by atoms with Crippen LogP contribution in [0.4, 0.5) is 0 Å². The van der Waals surface area contributed by atoms with Crippen LogP contribution in [0.15, 0.2) is 4.42 Å². The Hall–Kier alpha value is -1.51. The van der Waals surface area contributed by atoms with Crippen LogP contribution in [0, 0.1) is 5.92 Å². The molecule has 0 aliphatic heterocycles. The van der Waals surface area contributed by atoms with Gasteiger partial charge in [-0.1, -0.05) is 6.92 Å². The monoisotopic (exact) mass is 301 g/mol. The van der Waals surface area contributed by atoms with Crippen molar-refractivity contribution in [1.29, 1.82) is 0 Å². The number of aromatic nitrogens is 2. The third-order valence-corrected chi connectivity index (χ3v) is 2.71. The number of methoxy groups -OCH3 is 1. The first kappa shape index (κ1) is 17.5. The van der Waals surface area contributed by atoms with Crippen LogP contribution in [0.3, 0.4) is 0 Å². The summed E-state index contributed by atoms with van der Waals surface area (Å²) in [6.07, 6.45) is 0.254. The fraction of sp³-hybridized carbons (Fsp3) is 0.769. The van der Waals surface area contributed by atoms with Gasteiger partial charge in [-0.15, -0.1) is 10.2 Å². The minimum atomic E-state index is -2.10. The fourth-order valence-electron chi connectivity index (χ4n) is 1.78. The van der Waals surface area contributed by atoms with E-state index >= 15 is 0 Å². The first-order chi connectivity index (χ1) is 9.61. The second kappa shape index (κ2) is 6.50. The summed E-state index contributed by atoms with van der Waals surface area (Å²) in [5.41, 5.74) is 3.05. The zero-order valence-electron chi connectivity index (χ0n) is 13.0. The molecule has 2 atom stereocenters. The van der Waals surface area contributed by atoms with Crippen molar-refractivity contribution in [2.24, 2.45) is 11.7 Å². The van der Waals surface area contributed by atoms with Crippen molar-refractivity contribution < 1.29 is 23.8 Å². The third-order valence-electron chi connectivity index (χ3n) is 2.71. The molecular weight excluding hydrogens is 278 g/mol. The maximum atomic E-state index is 12.2. The van der Waals surface area contributed by atoms with E-state index in [1.807, 2.05) is 0 Å². The van der Waals surface area contributed by atoms with E-state index in [0.29, 0.717) is 0 Å². The van der Waals surface area contributed by atoms with Gasteiger partial charge >= 0.3 is 5.97 Å². The number of ether oxygens (including phenoxy) is 2. The minimum Gasteiger partial charge on any atom is -0.460 e. The molecule has 120 valence electrons. The highest BCUT2D eigenvalue weighted by atomic mass is 16.6. The van der Waals surface area contributed by atoms with Gasteiger partial charge in [0.25, 0.3) is 5.89 Å². The van der Waals surface area contributed by atoms with Crippen molar-refractivity contribution in [2.75, 3.05) is 7.11 Å². The number of esters is 1. The smallest absolute Gasteiger partial charge is 0.314 e. The molecule has 0 amide bonds. The normalized spacial score (nSPS) is 16.3. The van der Waals surface area contributed by atoms with Crippen molar-refractivity contribution >= 4 is 5.97 Å². The van der Waals surface area contributed by atoms with Crippen LogP contribution in [0.5, 0.6) is 0 Å². The number of rotatable bonds is 6. The summed E-state index contributed by atoms with van der Waals surface area (Å²) in [4.78, 5) is 12.2. The van der Waals surface area contributed by atoms with Gasteiger partial charge in [0.1, 0.15) is 18.1 Å². The molecule has 1 unspecified atom stereocenters. The van der Waals surface area contributed by atoms with Crippen LogP contribution < -0.4 is 5.73 Å². The summed E-state index contributed by atoms with van der Waals surface area (Å²) in [5, 5.41) is 17.8. The molecule has 0 aliphatic carbocycles. The molecule has 0 saturated heterocycles. The van der Waals surface area contributed by atoms with E-state index in [2.05, 4.69) is 10.2 Å². The Morgan fingerprint density at radius 1 is 1.43 bits per heavy atom. The SMILES string of the molecule is CC[C@H](C(=O)OC(C)(C)C)C(N)(O)c1nnc(COC)o1. The standard InChI is InChI=1S/C13H23N3O5/c1-6-8(10(17)21-12(2,3)4)13(14,18)11-16-15-9(20-11)7-19-5/h8,18H,6-7,14H2,1-5H3/t8-,13?/m1/s1. The van der Waals surface area contributed by atoms with Gasteiger partial charge in [0.15, 0.2) is 0 Å². The van der Waals surface area contributed by atoms with E-state index in [0.717, 1.165) is 0 Å². The number of nitrogens with zero attached hydrogens (tertiary/aromatic N) is 2. The summed E-state index contributed by atoms with van der Waals surface area (Å²) in [5.74, 6) is -1.73. The predicted octanol–water partition coefficient (Wildman–Crippen LogP) is 0.688. The molecule has 1 heterocycles. The predicted molar refractivity (Wildman–Crippen MR) is 72.7 cm³/mol. The number of aliphatic hydroxyl groups is 1. The van der Waals surface area contributed by atoms with Gasteiger partial charge in [-0.25, -0.2) is 0 Å². The largest absolute Gasteiger partial charge is 0.460 e. The molecule has 0 aliphatic rings. The number of hydrogen-bond acceptors (Lipinski definition) is 8. The average molecular weight is 301 g/mol. The zero-order chi connectivity index (χ0) is 16.3. The van der Waals surface area contributed by atoms with Gasteiger partial charge in [0.05, 0.1) is 0 Å². The Morgan fingerprint density at radius 3 is 2.52 bits per heavy atom.